The van der Waals surface area contributed by atoms with Crippen LogP contribution in [-0.2, 0) is 10.8 Å². The summed E-state index contributed by atoms with van der Waals surface area (Å²) < 4.78 is 16.7. The third-order valence-electron chi connectivity index (χ3n) is 5.21. The van der Waals surface area contributed by atoms with Gasteiger partial charge in [-0.2, -0.15) is 0 Å². The van der Waals surface area contributed by atoms with Gasteiger partial charge in [0.05, 0.1) is 14.2 Å². The van der Waals surface area contributed by atoms with Crippen LogP contribution in [0.1, 0.15) is 64.3 Å². The third-order valence-corrected chi connectivity index (χ3v) is 5.21. The van der Waals surface area contributed by atoms with Crippen LogP contribution in [-0.4, -0.2) is 42.3 Å². The van der Waals surface area contributed by atoms with Gasteiger partial charge < -0.3 is 29.5 Å². The summed E-state index contributed by atoms with van der Waals surface area (Å²) in [6, 6.07) is 8.57. The van der Waals surface area contributed by atoms with Crippen molar-refractivity contribution in [2.24, 2.45) is 0 Å². The zero-order valence-corrected chi connectivity index (χ0v) is 19.8. The Labute approximate surface area is 185 Å². The van der Waals surface area contributed by atoms with E-state index in [2.05, 4.69) is 20.8 Å². The van der Waals surface area contributed by atoms with E-state index in [-0.39, 0.29) is 23.3 Å². The van der Waals surface area contributed by atoms with E-state index in [0.717, 1.165) is 11.3 Å². The van der Waals surface area contributed by atoms with Gasteiger partial charge >= 0.3 is 0 Å². The summed E-state index contributed by atoms with van der Waals surface area (Å²) in [7, 11) is 3.16. The van der Waals surface area contributed by atoms with Crippen molar-refractivity contribution in [1.82, 2.24) is 0 Å². The van der Waals surface area contributed by atoms with E-state index in [4.69, 9.17) is 14.2 Å². The number of hydrogen-bond acceptors (Lipinski definition) is 6. The molecule has 0 radical (unpaired) electrons. The Balaban J connectivity index is 2.30. The van der Waals surface area contributed by atoms with E-state index in [0.29, 0.717) is 17.1 Å². The fourth-order valence-corrected chi connectivity index (χ4v) is 3.66. The molecule has 0 saturated heterocycles. The van der Waals surface area contributed by atoms with E-state index in [1.54, 1.807) is 19.2 Å². The first-order valence-corrected chi connectivity index (χ1v) is 10.4. The summed E-state index contributed by atoms with van der Waals surface area (Å²) >= 11 is 0. The molecule has 172 valence electrons. The SMILES string of the molecule is COc1ccc(OCC(O)C(O)c2c(O)ccc(OC)c2C(C)(C)C)cc1C(C)(C)C. The molecule has 31 heavy (non-hydrogen) atoms. The number of methoxy groups -OCH3 is 2. The summed E-state index contributed by atoms with van der Waals surface area (Å²) in [6.45, 7) is 11.9. The highest BCUT2D eigenvalue weighted by molar-refractivity contribution is 5.53. The smallest absolute Gasteiger partial charge is 0.123 e. The Hall–Kier alpha value is -2.44. The maximum absolute atomic E-state index is 10.9. The molecule has 6 nitrogen and oxygen atoms in total. The Morgan fingerprint density at radius 2 is 1.42 bits per heavy atom. The van der Waals surface area contributed by atoms with Gasteiger partial charge in [0.15, 0.2) is 0 Å². The van der Waals surface area contributed by atoms with Gasteiger partial charge in [0.1, 0.15) is 41.8 Å². The van der Waals surface area contributed by atoms with E-state index < -0.39 is 17.6 Å². The minimum absolute atomic E-state index is 0.100. The number of hydrogen-bond donors (Lipinski definition) is 3. The van der Waals surface area contributed by atoms with Crippen LogP contribution < -0.4 is 14.2 Å². The minimum atomic E-state index is -1.36. The van der Waals surface area contributed by atoms with Crippen molar-refractivity contribution in [1.29, 1.82) is 0 Å². The molecule has 3 N–H and O–H groups in total. The fourth-order valence-electron chi connectivity index (χ4n) is 3.66. The zero-order valence-electron chi connectivity index (χ0n) is 19.8. The highest BCUT2D eigenvalue weighted by atomic mass is 16.5. The molecule has 0 amide bonds. The second-order valence-corrected chi connectivity index (χ2v) is 9.76. The number of ether oxygens (including phenoxy) is 3. The molecule has 2 aromatic rings. The largest absolute Gasteiger partial charge is 0.508 e. The first-order chi connectivity index (χ1) is 14.3. The van der Waals surface area contributed by atoms with Gasteiger partial charge in [-0.25, -0.2) is 0 Å². The predicted molar refractivity (Wildman–Crippen MR) is 122 cm³/mol. The van der Waals surface area contributed by atoms with Crippen LogP contribution in [0.4, 0.5) is 0 Å². The normalized spacial score (nSPS) is 14.1. The van der Waals surface area contributed by atoms with Crippen LogP contribution in [0.5, 0.6) is 23.0 Å². The molecule has 2 aromatic carbocycles. The van der Waals surface area contributed by atoms with Crippen LogP contribution in [0, 0.1) is 0 Å². The monoisotopic (exact) mass is 432 g/mol. The van der Waals surface area contributed by atoms with Crippen LogP contribution in [0.15, 0.2) is 30.3 Å². The number of phenols is 1. The maximum Gasteiger partial charge on any atom is 0.123 e. The molecule has 0 aliphatic carbocycles. The first-order valence-electron chi connectivity index (χ1n) is 10.4. The molecular weight excluding hydrogens is 396 g/mol. The minimum Gasteiger partial charge on any atom is -0.508 e. The Bertz CT molecular complexity index is 892. The lowest BCUT2D eigenvalue weighted by molar-refractivity contribution is -0.0110. The Morgan fingerprint density at radius 3 is 1.94 bits per heavy atom. The van der Waals surface area contributed by atoms with Crippen LogP contribution in [0.3, 0.4) is 0 Å². The van der Waals surface area contributed by atoms with E-state index in [1.807, 2.05) is 32.9 Å². The van der Waals surface area contributed by atoms with Crippen LogP contribution >= 0.6 is 0 Å². The number of phenolic OH excluding ortho intramolecular Hbond substituents is 1. The molecule has 2 unspecified atom stereocenters. The lowest BCUT2D eigenvalue weighted by Crippen LogP contribution is -2.28. The molecule has 0 heterocycles. The van der Waals surface area contributed by atoms with E-state index >= 15 is 0 Å². The van der Waals surface area contributed by atoms with Gasteiger partial charge in [-0.3, -0.25) is 0 Å². The lowest BCUT2D eigenvalue weighted by Gasteiger charge is -2.30. The molecule has 0 bridgehead atoms. The van der Waals surface area contributed by atoms with Crippen molar-refractivity contribution in [2.75, 3.05) is 20.8 Å². The Kier molecular flexibility index (Phi) is 7.50. The molecule has 0 spiro atoms. The molecule has 0 aliphatic rings. The molecule has 2 atom stereocenters. The predicted octanol–water partition coefficient (Wildman–Crippen LogP) is 4.48. The number of aliphatic hydroxyl groups is 2. The summed E-state index contributed by atoms with van der Waals surface area (Å²) in [5.74, 6) is 1.76. The van der Waals surface area contributed by atoms with Crippen molar-refractivity contribution >= 4 is 0 Å². The lowest BCUT2D eigenvalue weighted by atomic mass is 9.80. The number of aromatic hydroxyl groups is 1. The molecule has 0 fully saturated rings. The van der Waals surface area contributed by atoms with E-state index in [9.17, 15) is 15.3 Å². The number of rotatable bonds is 7. The molecule has 0 aliphatic heterocycles. The highest BCUT2D eigenvalue weighted by Crippen LogP contribution is 2.42. The topological polar surface area (TPSA) is 88.4 Å². The second kappa shape index (κ2) is 9.37. The zero-order chi connectivity index (χ0) is 23.6. The summed E-state index contributed by atoms with van der Waals surface area (Å²) in [6.07, 6.45) is -2.62. The van der Waals surface area contributed by atoms with Gasteiger partial charge in [-0.1, -0.05) is 41.5 Å². The van der Waals surface area contributed by atoms with Gasteiger partial charge in [-0.05, 0) is 41.2 Å². The third kappa shape index (κ3) is 5.63. The molecule has 0 aromatic heterocycles. The summed E-state index contributed by atoms with van der Waals surface area (Å²) in [5, 5.41) is 32.1. The molecule has 2 rings (SSSR count). The molecule has 6 heteroatoms. The van der Waals surface area contributed by atoms with Crippen molar-refractivity contribution in [3.63, 3.8) is 0 Å². The van der Waals surface area contributed by atoms with Crippen molar-refractivity contribution < 1.29 is 29.5 Å². The highest BCUT2D eigenvalue weighted by Gasteiger charge is 2.32. The summed E-state index contributed by atoms with van der Waals surface area (Å²) in [4.78, 5) is 0. The number of aliphatic hydroxyl groups excluding tert-OH is 2. The maximum atomic E-state index is 10.9. The average Bonchev–Trinajstić information content (AvgIpc) is 2.69. The second-order valence-electron chi connectivity index (χ2n) is 9.76. The quantitative estimate of drug-likeness (QED) is 0.598. The van der Waals surface area contributed by atoms with Crippen LogP contribution in [0.25, 0.3) is 0 Å². The fraction of sp³-hybridized carbons (Fsp3) is 0.520. The molecule has 0 saturated carbocycles. The van der Waals surface area contributed by atoms with Gasteiger partial charge in [0.2, 0.25) is 0 Å². The average molecular weight is 433 g/mol. The van der Waals surface area contributed by atoms with Gasteiger partial charge in [0, 0.05) is 16.7 Å². The van der Waals surface area contributed by atoms with Gasteiger partial charge in [0.25, 0.3) is 0 Å². The first kappa shape index (κ1) is 24.8. The van der Waals surface area contributed by atoms with E-state index in [1.165, 1.54) is 13.2 Å². The van der Waals surface area contributed by atoms with Gasteiger partial charge in [-0.15, -0.1) is 0 Å². The standard InChI is InChI=1S/C25H36O6/c1-24(2,3)16-13-15(9-11-19(16)29-7)31-14-18(27)23(28)21-17(26)10-12-20(30-8)22(21)25(4,5)6/h9-13,18,23,26-28H,14H2,1-8H3. The van der Waals surface area contributed by atoms with Crippen molar-refractivity contribution in [3.8, 4) is 23.0 Å². The Morgan fingerprint density at radius 1 is 0.839 bits per heavy atom. The summed E-state index contributed by atoms with van der Waals surface area (Å²) in [5.41, 5.74) is 1.27. The number of benzene rings is 2. The van der Waals surface area contributed by atoms with Crippen LogP contribution in [0.2, 0.25) is 0 Å². The van der Waals surface area contributed by atoms with Crippen molar-refractivity contribution in [2.45, 2.75) is 64.6 Å². The van der Waals surface area contributed by atoms with Crippen molar-refractivity contribution in [3.05, 3.63) is 47.0 Å². The molecular formula is C25H36O6.